The van der Waals surface area contributed by atoms with Gasteiger partial charge in [0.15, 0.2) is 0 Å². The maximum Gasteiger partial charge on any atom is 0.222 e. The van der Waals surface area contributed by atoms with Gasteiger partial charge < -0.3 is 15.3 Å². The van der Waals surface area contributed by atoms with Crippen molar-refractivity contribution in [1.29, 1.82) is 0 Å². The average molecular weight is 254 g/mol. The fraction of sp³-hybridized carbons (Fsp3) is 0.929. The van der Waals surface area contributed by atoms with Gasteiger partial charge >= 0.3 is 0 Å². The minimum atomic E-state index is -0.635. The number of rotatable bonds is 4. The molecule has 0 aliphatic carbocycles. The van der Waals surface area contributed by atoms with E-state index in [1.807, 2.05) is 13.8 Å². The van der Waals surface area contributed by atoms with Gasteiger partial charge in [-0.15, -0.1) is 0 Å². The quantitative estimate of drug-likeness (QED) is 0.787. The molecule has 0 spiro atoms. The fourth-order valence-electron chi connectivity index (χ4n) is 2.81. The molecule has 2 fully saturated rings. The largest absolute Gasteiger partial charge is 0.386 e. The van der Waals surface area contributed by atoms with Gasteiger partial charge in [0.1, 0.15) is 5.60 Å². The zero-order valence-corrected chi connectivity index (χ0v) is 11.6. The van der Waals surface area contributed by atoms with Crippen molar-refractivity contribution in [3.63, 3.8) is 0 Å². The Bertz CT molecular complexity index is 292. The first-order valence-electron chi connectivity index (χ1n) is 7.22. The first-order valence-corrected chi connectivity index (χ1v) is 7.22. The molecule has 2 heterocycles. The summed E-state index contributed by atoms with van der Waals surface area (Å²) in [4.78, 5) is 13.8. The van der Waals surface area contributed by atoms with Crippen LogP contribution in [0.1, 0.15) is 39.5 Å². The highest BCUT2D eigenvalue weighted by atomic mass is 16.3. The lowest BCUT2D eigenvalue weighted by Crippen LogP contribution is -2.65. The molecule has 2 aliphatic heterocycles. The van der Waals surface area contributed by atoms with Crippen molar-refractivity contribution in [1.82, 2.24) is 10.2 Å². The van der Waals surface area contributed by atoms with Crippen LogP contribution in [0.5, 0.6) is 0 Å². The van der Waals surface area contributed by atoms with Gasteiger partial charge in [0.25, 0.3) is 0 Å². The summed E-state index contributed by atoms with van der Waals surface area (Å²) in [6, 6.07) is 0. The molecule has 18 heavy (non-hydrogen) atoms. The monoisotopic (exact) mass is 254 g/mol. The number of carbonyl (C=O) groups excluding carboxylic acids is 1. The van der Waals surface area contributed by atoms with Crippen LogP contribution < -0.4 is 5.32 Å². The summed E-state index contributed by atoms with van der Waals surface area (Å²) in [7, 11) is 0. The third kappa shape index (κ3) is 3.04. The lowest BCUT2D eigenvalue weighted by molar-refractivity contribution is -0.164. The van der Waals surface area contributed by atoms with Crippen LogP contribution in [0.4, 0.5) is 0 Å². The summed E-state index contributed by atoms with van der Waals surface area (Å²) in [5, 5.41) is 13.5. The van der Waals surface area contributed by atoms with Gasteiger partial charge in [-0.25, -0.2) is 0 Å². The standard InChI is InChI=1S/C14H26N2O2/c1-11(2)14(18)9-16(10-14)13(17)4-3-12-5-7-15-8-6-12/h11-12,15,18H,3-10H2,1-2H3. The van der Waals surface area contributed by atoms with Gasteiger partial charge in [0.2, 0.25) is 5.91 Å². The van der Waals surface area contributed by atoms with E-state index in [1.54, 1.807) is 4.90 Å². The second-order valence-electron chi connectivity index (χ2n) is 6.24. The minimum Gasteiger partial charge on any atom is -0.386 e. The minimum absolute atomic E-state index is 0.221. The molecule has 0 unspecified atom stereocenters. The van der Waals surface area contributed by atoms with Crippen molar-refractivity contribution in [2.75, 3.05) is 26.2 Å². The van der Waals surface area contributed by atoms with Crippen molar-refractivity contribution in [3.05, 3.63) is 0 Å². The van der Waals surface area contributed by atoms with E-state index in [2.05, 4.69) is 5.32 Å². The lowest BCUT2D eigenvalue weighted by Gasteiger charge is -2.49. The van der Waals surface area contributed by atoms with Crippen LogP contribution in [0.15, 0.2) is 0 Å². The van der Waals surface area contributed by atoms with Crippen molar-refractivity contribution in [3.8, 4) is 0 Å². The van der Waals surface area contributed by atoms with Crippen molar-refractivity contribution in [2.45, 2.75) is 45.1 Å². The van der Waals surface area contributed by atoms with Crippen LogP contribution in [0.3, 0.4) is 0 Å². The smallest absolute Gasteiger partial charge is 0.222 e. The van der Waals surface area contributed by atoms with E-state index in [4.69, 9.17) is 0 Å². The Hall–Kier alpha value is -0.610. The van der Waals surface area contributed by atoms with Crippen LogP contribution >= 0.6 is 0 Å². The van der Waals surface area contributed by atoms with Crippen molar-refractivity contribution in [2.24, 2.45) is 11.8 Å². The third-order valence-corrected chi connectivity index (χ3v) is 4.58. The van der Waals surface area contributed by atoms with E-state index in [0.29, 0.717) is 25.4 Å². The summed E-state index contributed by atoms with van der Waals surface area (Å²) in [5.74, 6) is 1.16. The predicted octanol–water partition coefficient (Wildman–Crippen LogP) is 0.995. The van der Waals surface area contributed by atoms with Gasteiger partial charge in [-0.1, -0.05) is 13.8 Å². The second-order valence-corrected chi connectivity index (χ2v) is 6.24. The number of hydrogen-bond donors (Lipinski definition) is 2. The van der Waals surface area contributed by atoms with Crippen molar-refractivity contribution < 1.29 is 9.90 Å². The third-order valence-electron chi connectivity index (χ3n) is 4.58. The summed E-state index contributed by atoms with van der Waals surface area (Å²) >= 11 is 0. The molecule has 104 valence electrons. The highest BCUT2D eigenvalue weighted by Crippen LogP contribution is 2.29. The second kappa shape index (κ2) is 5.57. The van der Waals surface area contributed by atoms with E-state index >= 15 is 0 Å². The number of piperidine rings is 1. The first-order chi connectivity index (χ1) is 8.51. The van der Waals surface area contributed by atoms with Gasteiger partial charge in [0.05, 0.1) is 13.1 Å². The molecule has 0 atom stereocenters. The first kappa shape index (κ1) is 13.8. The number of β-amino-alcohol motifs (C(OH)–C–C–N with tert-alkyl or cyclic N) is 1. The molecule has 0 bridgehead atoms. The van der Waals surface area contributed by atoms with Crippen LogP contribution in [0, 0.1) is 11.8 Å². The predicted molar refractivity (Wildman–Crippen MR) is 71.2 cm³/mol. The average Bonchev–Trinajstić information content (AvgIpc) is 2.33. The van der Waals surface area contributed by atoms with Gasteiger partial charge in [-0.3, -0.25) is 4.79 Å². The van der Waals surface area contributed by atoms with Crippen LogP contribution in [-0.4, -0.2) is 47.7 Å². The van der Waals surface area contributed by atoms with Gasteiger partial charge in [0, 0.05) is 6.42 Å². The molecule has 0 saturated carbocycles. The van der Waals surface area contributed by atoms with E-state index in [-0.39, 0.29) is 11.8 Å². The molecule has 2 aliphatic rings. The molecule has 0 aromatic heterocycles. The number of carbonyl (C=O) groups is 1. The SMILES string of the molecule is CC(C)C1(O)CN(C(=O)CCC2CCNCC2)C1. The molecule has 2 N–H and O–H groups in total. The molecule has 2 saturated heterocycles. The molecule has 4 nitrogen and oxygen atoms in total. The van der Waals surface area contributed by atoms with E-state index < -0.39 is 5.60 Å². The lowest BCUT2D eigenvalue weighted by atomic mass is 9.82. The molecular weight excluding hydrogens is 228 g/mol. The van der Waals surface area contributed by atoms with Gasteiger partial charge in [-0.05, 0) is 44.2 Å². The van der Waals surface area contributed by atoms with Gasteiger partial charge in [-0.2, -0.15) is 0 Å². The summed E-state index contributed by atoms with van der Waals surface area (Å²) < 4.78 is 0. The number of nitrogens with one attached hydrogen (secondary N) is 1. The molecule has 1 amide bonds. The summed E-state index contributed by atoms with van der Waals surface area (Å²) in [6.45, 7) is 7.25. The molecule has 2 rings (SSSR count). The Kier molecular flexibility index (Phi) is 4.28. The fourth-order valence-corrected chi connectivity index (χ4v) is 2.81. The molecule has 0 aromatic carbocycles. The number of likely N-dealkylation sites (tertiary alicyclic amines) is 1. The van der Waals surface area contributed by atoms with Crippen LogP contribution in [0.2, 0.25) is 0 Å². The van der Waals surface area contributed by atoms with Crippen LogP contribution in [-0.2, 0) is 4.79 Å². The molecule has 0 aromatic rings. The molecule has 4 heteroatoms. The molecule has 0 radical (unpaired) electrons. The number of amides is 1. The van der Waals surface area contributed by atoms with E-state index in [1.165, 1.54) is 12.8 Å². The maximum absolute atomic E-state index is 12.0. The highest BCUT2D eigenvalue weighted by molar-refractivity contribution is 5.77. The molecular formula is C14H26N2O2. The summed E-state index contributed by atoms with van der Waals surface area (Å²) in [6.07, 6.45) is 4.06. The topological polar surface area (TPSA) is 52.6 Å². The number of aliphatic hydroxyl groups is 1. The Morgan fingerprint density at radius 1 is 1.39 bits per heavy atom. The Balaban J connectivity index is 1.67. The highest BCUT2D eigenvalue weighted by Gasteiger charge is 2.45. The number of nitrogens with zero attached hydrogens (tertiary/aromatic N) is 1. The van der Waals surface area contributed by atoms with Crippen LogP contribution in [0.25, 0.3) is 0 Å². The zero-order chi connectivity index (χ0) is 13.2. The Morgan fingerprint density at radius 3 is 2.56 bits per heavy atom. The summed E-state index contributed by atoms with van der Waals surface area (Å²) in [5.41, 5.74) is -0.635. The number of hydrogen-bond acceptors (Lipinski definition) is 3. The normalized spacial score (nSPS) is 24.1. The zero-order valence-electron chi connectivity index (χ0n) is 11.6. The maximum atomic E-state index is 12.0. The van der Waals surface area contributed by atoms with E-state index in [0.717, 1.165) is 19.5 Å². The Morgan fingerprint density at radius 2 is 2.00 bits per heavy atom. The van der Waals surface area contributed by atoms with Crippen molar-refractivity contribution >= 4 is 5.91 Å². The Labute approximate surface area is 110 Å². The van der Waals surface area contributed by atoms with E-state index in [9.17, 15) is 9.90 Å².